The van der Waals surface area contributed by atoms with E-state index in [2.05, 4.69) is 15.9 Å². The Labute approximate surface area is 55.7 Å². The molecule has 0 amide bonds. The molecular weight excluding hydrogens is 174 g/mol. The monoisotopic (exact) mass is 179 g/mol. The van der Waals surface area contributed by atoms with Crippen molar-refractivity contribution < 1.29 is 10.2 Å². The van der Waals surface area contributed by atoms with Gasteiger partial charge in [0.25, 0.3) is 0 Å². The van der Waals surface area contributed by atoms with Crippen LogP contribution < -0.4 is 0 Å². The highest BCUT2D eigenvalue weighted by Gasteiger charge is 2.12. The van der Waals surface area contributed by atoms with Gasteiger partial charge in [-0.1, -0.05) is 15.9 Å². The van der Waals surface area contributed by atoms with Crippen LogP contribution in [0.5, 0.6) is 0 Å². The highest BCUT2D eigenvalue weighted by Crippen LogP contribution is 2.02. The van der Waals surface area contributed by atoms with Crippen molar-refractivity contribution >= 4 is 15.9 Å². The van der Waals surface area contributed by atoms with Crippen molar-refractivity contribution in [2.24, 2.45) is 0 Å². The van der Waals surface area contributed by atoms with Gasteiger partial charge >= 0.3 is 0 Å². The summed E-state index contributed by atoms with van der Waals surface area (Å²) in [6.45, 7) is -0.385. The van der Waals surface area contributed by atoms with Gasteiger partial charge in [-0.15, -0.1) is 0 Å². The first-order valence-electron chi connectivity index (χ1n) is 2.05. The summed E-state index contributed by atoms with van der Waals surface area (Å²) in [5, 5.41) is 24.9. The fourth-order valence-electron chi connectivity index (χ4n) is 0.179. The molecule has 0 radical (unpaired) electrons. The quantitative estimate of drug-likeness (QED) is 0.569. The third-order valence-electron chi connectivity index (χ3n) is 0.648. The molecule has 2 atom stereocenters. The van der Waals surface area contributed by atoms with Crippen molar-refractivity contribution in [1.29, 1.82) is 5.26 Å². The molecule has 4 heteroatoms. The molecule has 0 aliphatic carbocycles. The number of aliphatic hydroxyl groups is 2. The van der Waals surface area contributed by atoms with Gasteiger partial charge in [-0.2, -0.15) is 5.26 Å². The van der Waals surface area contributed by atoms with E-state index < -0.39 is 10.9 Å². The number of nitrogens with zero attached hydrogens (tertiary/aromatic N) is 1. The Morgan fingerprint density at radius 2 is 2.25 bits per heavy atom. The van der Waals surface area contributed by atoms with Crippen LogP contribution in [0.25, 0.3) is 0 Å². The molecule has 0 rings (SSSR count). The molecule has 0 heterocycles. The summed E-state index contributed by atoms with van der Waals surface area (Å²) < 4.78 is 0. The van der Waals surface area contributed by atoms with Crippen molar-refractivity contribution in [3.8, 4) is 6.07 Å². The zero-order valence-corrected chi connectivity index (χ0v) is 5.67. The van der Waals surface area contributed by atoms with Crippen LogP contribution in [0.2, 0.25) is 0 Å². The summed E-state index contributed by atoms with van der Waals surface area (Å²) in [7, 11) is 0. The first kappa shape index (κ1) is 7.89. The van der Waals surface area contributed by atoms with Gasteiger partial charge in [0, 0.05) is 0 Å². The Morgan fingerprint density at radius 1 is 1.75 bits per heavy atom. The van der Waals surface area contributed by atoms with Crippen molar-refractivity contribution in [1.82, 2.24) is 0 Å². The number of hydrogen-bond donors (Lipinski definition) is 2. The zero-order chi connectivity index (χ0) is 6.57. The lowest BCUT2D eigenvalue weighted by Crippen LogP contribution is -2.22. The van der Waals surface area contributed by atoms with Gasteiger partial charge < -0.3 is 10.2 Å². The van der Waals surface area contributed by atoms with Crippen molar-refractivity contribution in [2.45, 2.75) is 10.9 Å². The van der Waals surface area contributed by atoms with E-state index in [0.29, 0.717) is 0 Å². The molecule has 0 saturated heterocycles. The normalized spacial score (nSPS) is 16.8. The molecule has 0 aromatic rings. The second kappa shape index (κ2) is 3.84. The van der Waals surface area contributed by atoms with E-state index in [4.69, 9.17) is 15.5 Å². The summed E-state index contributed by atoms with van der Waals surface area (Å²) in [5.41, 5.74) is 0. The predicted molar refractivity (Wildman–Crippen MR) is 31.4 cm³/mol. The summed E-state index contributed by atoms with van der Waals surface area (Å²) in [4.78, 5) is -0.660. The number of alkyl halides is 1. The molecule has 0 saturated carbocycles. The lowest BCUT2D eigenvalue weighted by Gasteiger charge is -2.04. The summed E-state index contributed by atoms with van der Waals surface area (Å²) in [6.07, 6.45) is -0.972. The first-order chi connectivity index (χ1) is 3.72. The largest absolute Gasteiger partial charge is 0.394 e. The van der Waals surface area contributed by atoms with Crippen LogP contribution in [0.4, 0.5) is 0 Å². The number of halogens is 1. The van der Waals surface area contributed by atoms with Crippen LogP contribution in [0.3, 0.4) is 0 Å². The average Bonchev–Trinajstić information content (AvgIpc) is 1.84. The van der Waals surface area contributed by atoms with E-state index in [1.807, 2.05) is 0 Å². The van der Waals surface area contributed by atoms with Gasteiger partial charge in [0.2, 0.25) is 0 Å². The molecule has 2 N–H and O–H groups in total. The second-order valence-electron chi connectivity index (χ2n) is 1.28. The van der Waals surface area contributed by atoms with E-state index in [0.717, 1.165) is 0 Å². The molecule has 0 aromatic carbocycles. The van der Waals surface area contributed by atoms with Gasteiger partial charge in [-0.3, -0.25) is 0 Å². The van der Waals surface area contributed by atoms with Crippen molar-refractivity contribution in [3.63, 3.8) is 0 Å². The molecule has 0 spiro atoms. The fraction of sp³-hybridized carbons (Fsp3) is 0.750. The lowest BCUT2D eigenvalue weighted by molar-refractivity contribution is 0.104. The van der Waals surface area contributed by atoms with Gasteiger partial charge in [0.05, 0.1) is 12.7 Å². The Balaban J connectivity index is 3.49. The van der Waals surface area contributed by atoms with Crippen LogP contribution in [0, 0.1) is 11.3 Å². The molecule has 3 nitrogen and oxygen atoms in total. The van der Waals surface area contributed by atoms with Gasteiger partial charge in [0.15, 0.2) is 0 Å². The van der Waals surface area contributed by atoms with Crippen LogP contribution >= 0.6 is 15.9 Å². The smallest absolute Gasteiger partial charge is 0.129 e. The van der Waals surface area contributed by atoms with Crippen molar-refractivity contribution in [3.05, 3.63) is 0 Å². The molecular formula is C4H6BrNO2. The fourth-order valence-corrected chi connectivity index (χ4v) is 0.346. The van der Waals surface area contributed by atoms with E-state index >= 15 is 0 Å². The molecule has 0 aliphatic heterocycles. The first-order valence-corrected chi connectivity index (χ1v) is 2.96. The number of hydrogen-bond acceptors (Lipinski definition) is 3. The highest BCUT2D eigenvalue weighted by molar-refractivity contribution is 9.09. The van der Waals surface area contributed by atoms with Crippen LogP contribution in [-0.4, -0.2) is 27.8 Å². The average molecular weight is 180 g/mol. The lowest BCUT2D eigenvalue weighted by atomic mass is 10.3. The molecule has 0 bridgehead atoms. The maximum absolute atomic E-state index is 8.61. The van der Waals surface area contributed by atoms with Crippen LogP contribution in [0.1, 0.15) is 0 Å². The highest BCUT2D eigenvalue weighted by atomic mass is 79.9. The van der Waals surface area contributed by atoms with E-state index in [-0.39, 0.29) is 6.61 Å². The number of nitriles is 1. The summed E-state index contributed by atoms with van der Waals surface area (Å²) in [5.74, 6) is 0. The summed E-state index contributed by atoms with van der Waals surface area (Å²) in [6, 6.07) is 1.72. The van der Waals surface area contributed by atoms with Gasteiger partial charge in [0.1, 0.15) is 10.9 Å². The molecule has 46 valence electrons. The minimum atomic E-state index is -0.972. The maximum Gasteiger partial charge on any atom is 0.129 e. The molecule has 2 unspecified atom stereocenters. The van der Waals surface area contributed by atoms with E-state index in [9.17, 15) is 0 Å². The molecule has 0 aromatic heterocycles. The summed E-state index contributed by atoms with van der Waals surface area (Å²) >= 11 is 2.83. The molecule has 8 heavy (non-hydrogen) atoms. The standard InChI is InChI=1S/C4H6BrNO2/c5-3(1-6)4(8)2-7/h3-4,7-8H,2H2. The molecule has 0 fully saturated rings. The van der Waals surface area contributed by atoms with Gasteiger partial charge in [-0.25, -0.2) is 0 Å². The number of rotatable bonds is 2. The van der Waals surface area contributed by atoms with Crippen LogP contribution in [0.15, 0.2) is 0 Å². The molecule has 0 aliphatic rings. The topological polar surface area (TPSA) is 64.2 Å². The minimum Gasteiger partial charge on any atom is -0.394 e. The third kappa shape index (κ3) is 2.26. The third-order valence-corrected chi connectivity index (χ3v) is 1.46. The predicted octanol–water partition coefficient (Wildman–Crippen LogP) is -0.373. The Morgan fingerprint density at radius 3 is 2.38 bits per heavy atom. The Hall–Kier alpha value is -0.110. The SMILES string of the molecule is N#CC(Br)C(O)CO. The van der Waals surface area contributed by atoms with Gasteiger partial charge in [-0.05, 0) is 0 Å². The zero-order valence-electron chi connectivity index (χ0n) is 4.08. The second-order valence-corrected chi connectivity index (χ2v) is 2.27. The Kier molecular flexibility index (Phi) is 3.79. The van der Waals surface area contributed by atoms with E-state index in [1.54, 1.807) is 6.07 Å². The maximum atomic E-state index is 8.61. The minimum absolute atomic E-state index is 0.385. The number of aliphatic hydroxyl groups excluding tert-OH is 2. The van der Waals surface area contributed by atoms with Crippen LogP contribution in [-0.2, 0) is 0 Å². The Bertz CT molecular complexity index is 101. The van der Waals surface area contributed by atoms with Crippen molar-refractivity contribution in [2.75, 3.05) is 6.61 Å². The van der Waals surface area contributed by atoms with E-state index in [1.165, 1.54) is 0 Å².